The van der Waals surface area contributed by atoms with Crippen LogP contribution in [0.1, 0.15) is 28.0 Å². The summed E-state index contributed by atoms with van der Waals surface area (Å²) in [7, 11) is 0. The highest BCUT2D eigenvalue weighted by atomic mass is 16.2. The van der Waals surface area contributed by atoms with Gasteiger partial charge in [-0.3, -0.25) is 4.79 Å². The van der Waals surface area contributed by atoms with E-state index >= 15 is 0 Å². The molecule has 1 saturated heterocycles. The van der Waals surface area contributed by atoms with Crippen molar-refractivity contribution < 1.29 is 4.79 Å². The van der Waals surface area contributed by atoms with E-state index in [4.69, 9.17) is 0 Å². The zero-order valence-corrected chi connectivity index (χ0v) is 12.1. The largest absolute Gasteiger partial charge is 0.358 e. The summed E-state index contributed by atoms with van der Waals surface area (Å²) in [5.74, 6) is 0.156. The molecule has 0 spiro atoms. The average Bonchev–Trinajstić information content (AvgIpc) is 2.64. The van der Waals surface area contributed by atoms with Crippen molar-refractivity contribution >= 4 is 16.8 Å². The number of rotatable bonds is 1. The number of para-hydroxylation sites is 1. The molecule has 3 rings (SSSR count). The van der Waals surface area contributed by atoms with Gasteiger partial charge in [0.1, 0.15) is 0 Å². The smallest absolute Gasteiger partial charge is 0.256 e. The van der Waals surface area contributed by atoms with E-state index < -0.39 is 0 Å². The summed E-state index contributed by atoms with van der Waals surface area (Å²) in [5, 5.41) is 4.38. The van der Waals surface area contributed by atoms with Crippen LogP contribution in [0.15, 0.2) is 18.2 Å². The number of aryl methyl sites for hydroxylation is 2. The zero-order chi connectivity index (χ0) is 14.1. The number of nitrogens with one attached hydrogen (secondary N) is 2. The van der Waals surface area contributed by atoms with E-state index in [0.717, 1.165) is 54.8 Å². The van der Waals surface area contributed by atoms with E-state index in [1.54, 1.807) is 0 Å². The van der Waals surface area contributed by atoms with Crippen molar-refractivity contribution in [1.82, 2.24) is 15.2 Å². The van der Waals surface area contributed by atoms with Crippen LogP contribution in [-0.4, -0.2) is 42.0 Å². The Morgan fingerprint density at radius 1 is 1.20 bits per heavy atom. The first-order chi connectivity index (χ1) is 9.68. The van der Waals surface area contributed by atoms with Crippen LogP contribution in [0.4, 0.5) is 0 Å². The quantitative estimate of drug-likeness (QED) is 0.835. The number of carbonyl (C=O) groups is 1. The topological polar surface area (TPSA) is 48.1 Å². The highest BCUT2D eigenvalue weighted by Crippen LogP contribution is 2.26. The number of nitrogens with zero attached hydrogens (tertiary/aromatic N) is 1. The van der Waals surface area contributed by atoms with Gasteiger partial charge in [-0.2, -0.15) is 0 Å². The molecule has 2 heterocycles. The van der Waals surface area contributed by atoms with Crippen LogP contribution in [0, 0.1) is 13.8 Å². The Balaban J connectivity index is 2.02. The Kier molecular flexibility index (Phi) is 3.49. The van der Waals surface area contributed by atoms with Crippen LogP contribution in [0.2, 0.25) is 0 Å². The maximum Gasteiger partial charge on any atom is 0.256 e. The normalized spacial score (nSPS) is 16.4. The first-order valence-corrected chi connectivity index (χ1v) is 7.26. The molecule has 2 aromatic rings. The molecule has 2 N–H and O–H groups in total. The fraction of sp³-hybridized carbons (Fsp3) is 0.438. The lowest BCUT2D eigenvalue weighted by Crippen LogP contribution is -2.34. The first kappa shape index (κ1) is 13.2. The molecule has 0 saturated carbocycles. The molecule has 4 nitrogen and oxygen atoms in total. The number of hydrogen-bond donors (Lipinski definition) is 2. The van der Waals surface area contributed by atoms with Gasteiger partial charge in [-0.05, 0) is 32.4 Å². The molecule has 1 aliphatic heterocycles. The lowest BCUT2D eigenvalue weighted by atomic mass is 10.1. The van der Waals surface area contributed by atoms with Crippen molar-refractivity contribution in [2.45, 2.75) is 20.3 Å². The van der Waals surface area contributed by atoms with Crippen LogP contribution < -0.4 is 5.32 Å². The highest BCUT2D eigenvalue weighted by molar-refractivity contribution is 6.08. The lowest BCUT2D eigenvalue weighted by molar-refractivity contribution is 0.0767. The second-order valence-corrected chi connectivity index (χ2v) is 5.52. The van der Waals surface area contributed by atoms with Crippen molar-refractivity contribution in [3.8, 4) is 0 Å². The molecule has 0 radical (unpaired) electrons. The molecule has 0 bridgehead atoms. The Bertz CT molecular complexity index is 636. The Labute approximate surface area is 119 Å². The summed E-state index contributed by atoms with van der Waals surface area (Å²) in [6.07, 6.45) is 1.02. The van der Waals surface area contributed by atoms with Crippen LogP contribution in [0.3, 0.4) is 0 Å². The molecular weight excluding hydrogens is 250 g/mol. The summed E-state index contributed by atoms with van der Waals surface area (Å²) < 4.78 is 0. The minimum atomic E-state index is 0.156. The Morgan fingerprint density at radius 2 is 2.05 bits per heavy atom. The Morgan fingerprint density at radius 3 is 2.90 bits per heavy atom. The maximum atomic E-state index is 12.8. The molecule has 0 atom stereocenters. The maximum absolute atomic E-state index is 12.8. The molecule has 1 amide bonds. The van der Waals surface area contributed by atoms with Gasteiger partial charge in [0, 0.05) is 36.2 Å². The SMILES string of the molecule is Cc1[nH]c2c(C)cccc2c1C(=O)N1CCCNCC1. The van der Waals surface area contributed by atoms with Crippen molar-refractivity contribution in [3.63, 3.8) is 0 Å². The van der Waals surface area contributed by atoms with E-state index in [0.29, 0.717) is 0 Å². The number of amides is 1. The summed E-state index contributed by atoms with van der Waals surface area (Å²) in [6, 6.07) is 6.13. The van der Waals surface area contributed by atoms with Gasteiger partial charge in [0.2, 0.25) is 0 Å². The van der Waals surface area contributed by atoms with Gasteiger partial charge in [0.15, 0.2) is 0 Å². The third kappa shape index (κ3) is 2.20. The second kappa shape index (κ2) is 5.29. The van der Waals surface area contributed by atoms with Crippen LogP contribution in [-0.2, 0) is 0 Å². The number of aromatic nitrogens is 1. The predicted octanol–water partition coefficient (Wildman–Crippen LogP) is 2.22. The van der Waals surface area contributed by atoms with E-state index in [9.17, 15) is 4.79 Å². The molecule has 1 fully saturated rings. The van der Waals surface area contributed by atoms with Crippen molar-refractivity contribution in [1.29, 1.82) is 0 Å². The zero-order valence-electron chi connectivity index (χ0n) is 12.1. The molecule has 1 aromatic heterocycles. The highest BCUT2D eigenvalue weighted by Gasteiger charge is 2.22. The standard InChI is InChI=1S/C16H21N3O/c1-11-5-3-6-13-14(12(2)18-15(11)13)16(20)19-9-4-7-17-8-10-19/h3,5-6,17-18H,4,7-10H2,1-2H3. The molecule has 1 aliphatic rings. The number of hydrogen-bond acceptors (Lipinski definition) is 2. The molecule has 0 unspecified atom stereocenters. The van der Waals surface area contributed by atoms with E-state index in [-0.39, 0.29) is 5.91 Å². The number of carbonyl (C=O) groups excluding carboxylic acids is 1. The van der Waals surface area contributed by atoms with E-state index in [1.165, 1.54) is 5.56 Å². The summed E-state index contributed by atoms with van der Waals surface area (Å²) in [4.78, 5) is 18.2. The minimum absolute atomic E-state index is 0.156. The van der Waals surface area contributed by atoms with Gasteiger partial charge in [-0.1, -0.05) is 18.2 Å². The van der Waals surface area contributed by atoms with Crippen LogP contribution >= 0.6 is 0 Å². The van der Waals surface area contributed by atoms with Gasteiger partial charge in [-0.15, -0.1) is 0 Å². The first-order valence-electron chi connectivity index (χ1n) is 7.26. The van der Waals surface area contributed by atoms with Crippen LogP contribution in [0.5, 0.6) is 0 Å². The van der Waals surface area contributed by atoms with Crippen molar-refractivity contribution in [3.05, 3.63) is 35.0 Å². The van der Waals surface area contributed by atoms with Crippen LogP contribution in [0.25, 0.3) is 10.9 Å². The van der Waals surface area contributed by atoms with Gasteiger partial charge >= 0.3 is 0 Å². The van der Waals surface area contributed by atoms with E-state index in [2.05, 4.69) is 23.3 Å². The van der Waals surface area contributed by atoms with E-state index in [1.807, 2.05) is 24.0 Å². The molecule has 4 heteroatoms. The van der Waals surface area contributed by atoms with Gasteiger partial charge in [0.05, 0.1) is 5.56 Å². The molecule has 1 aromatic carbocycles. The lowest BCUT2D eigenvalue weighted by Gasteiger charge is -2.20. The fourth-order valence-corrected chi connectivity index (χ4v) is 2.98. The molecule has 20 heavy (non-hydrogen) atoms. The summed E-state index contributed by atoms with van der Waals surface area (Å²) >= 11 is 0. The van der Waals surface area contributed by atoms with Gasteiger partial charge < -0.3 is 15.2 Å². The molecule has 106 valence electrons. The fourth-order valence-electron chi connectivity index (χ4n) is 2.98. The number of benzene rings is 1. The third-order valence-corrected chi connectivity index (χ3v) is 4.07. The second-order valence-electron chi connectivity index (χ2n) is 5.52. The Hall–Kier alpha value is -1.81. The average molecular weight is 271 g/mol. The van der Waals surface area contributed by atoms with Gasteiger partial charge in [0.25, 0.3) is 5.91 Å². The van der Waals surface area contributed by atoms with Crippen molar-refractivity contribution in [2.24, 2.45) is 0 Å². The number of H-pyrrole nitrogens is 1. The van der Waals surface area contributed by atoms with Gasteiger partial charge in [-0.25, -0.2) is 0 Å². The monoisotopic (exact) mass is 271 g/mol. The summed E-state index contributed by atoms with van der Waals surface area (Å²) in [6.45, 7) is 7.56. The van der Waals surface area contributed by atoms with Crippen molar-refractivity contribution in [2.75, 3.05) is 26.2 Å². The molecule has 0 aliphatic carbocycles. The third-order valence-electron chi connectivity index (χ3n) is 4.07. The predicted molar refractivity (Wildman–Crippen MR) is 81.2 cm³/mol. The number of aromatic amines is 1. The summed E-state index contributed by atoms with van der Waals surface area (Å²) in [5.41, 5.74) is 4.07. The minimum Gasteiger partial charge on any atom is -0.358 e. The molecular formula is C16H21N3O. The number of fused-ring (bicyclic) bond motifs is 1.